The van der Waals surface area contributed by atoms with Crippen LogP contribution < -0.4 is 11.7 Å². The molecule has 0 aliphatic carbocycles. The molecule has 1 aromatic rings. The van der Waals surface area contributed by atoms with Gasteiger partial charge >= 0.3 is 0 Å². The van der Waals surface area contributed by atoms with E-state index in [4.69, 9.17) is 16.1 Å². The van der Waals surface area contributed by atoms with E-state index >= 15 is 0 Å². The third-order valence-corrected chi connectivity index (χ3v) is 2.08. The average Bonchev–Trinajstić information content (AvgIpc) is 2.51. The first kappa shape index (κ1) is 8.57. The second-order valence-electron chi connectivity index (χ2n) is 3.11. The van der Waals surface area contributed by atoms with Gasteiger partial charge < -0.3 is 4.42 Å². The van der Waals surface area contributed by atoms with Crippen molar-refractivity contribution in [1.82, 2.24) is 20.2 Å². The van der Waals surface area contributed by atoms with Crippen molar-refractivity contribution in [3.8, 4) is 0 Å². The van der Waals surface area contributed by atoms with Crippen LogP contribution in [0.25, 0.3) is 0 Å². The molecule has 2 rings (SSSR count). The minimum absolute atomic E-state index is 0.289. The van der Waals surface area contributed by atoms with E-state index in [0.29, 0.717) is 12.4 Å². The maximum atomic E-state index is 5.76. The van der Waals surface area contributed by atoms with E-state index in [-0.39, 0.29) is 6.04 Å². The van der Waals surface area contributed by atoms with Crippen LogP contribution in [0.3, 0.4) is 0 Å². The maximum Gasteiger partial charge on any atom is 0.231 e. The minimum atomic E-state index is 0.289. The van der Waals surface area contributed by atoms with Crippen molar-refractivity contribution in [2.45, 2.75) is 12.6 Å². The van der Waals surface area contributed by atoms with E-state index in [0.717, 1.165) is 13.1 Å². The number of hydrogen-bond donors (Lipinski definition) is 2. The Labute approximate surface area is 75.2 Å². The van der Waals surface area contributed by atoms with Gasteiger partial charge in [-0.25, -0.2) is 10.0 Å². The van der Waals surface area contributed by atoms with Gasteiger partial charge in [0.25, 0.3) is 0 Å². The van der Waals surface area contributed by atoms with Gasteiger partial charge in [0.05, 0.1) is 12.6 Å². The Morgan fingerprint density at radius 1 is 1.69 bits per heavy atom. The van der Waals surface area contributed by atoms with E-state index in [2.05, 4.69) is 10.2 Å². The summed E-state index contributed by atoms with van der Waals surface area (Å²) >= 11 is 0. The Morgan fingerprint density at radius 2 is 2.46 bits per heavy atom. The van der Waals surface area contributed by atoms with E-state index in [1.54, 1.807) is 10.0 Å². The second-order valence-corrected chi connectivity index (χ2v) is 3.11. The van der Waals surface area contributed by atoms with Crippen LogP contribution in [-0.4, -0.2) is 39.3 Å². The minimum Gasteiger partial charge on any atom is -0.427 e. The van der Waals surface area contributed by atoms with Gasteiger partial charge in [0.15, 0.2) is 0 Å². The Balaban J connectivity index is 1.82. The zero-order valence-corrected chi connectivity index (χ0v) is 7.13. The molecule has 0 radical (unpaired) electrons. The van der Waals surface area contributed by atoms with Crippen molar-refractivity contribution in [3.05, 3.63) is 12.3 Å². The molecule has 2 heterocycles. The quantitative estimate of drug-likeness (QED) is 0.427. The lowest BCUT2D eigenvalue weighted by Gasteiger charge is -2.40. The third kappa shape index (κ3) is 1.83. The lowest BCUT2D eigenvalue weighted by molar-refractivity contribution is 0.0238. The lowest BCUT2D eigenvalue weighted by Crippen LogP contribution is -2.63. The van der Waals surface area contributed by atoms with Crippen molar-refractivity contribution in [1.29, 1.82) is 0 Å². The number of rotatable bonds is 3. The molecule has 7 nitrogen and oxygen atoms in total. The van der Waals surface area contributed by atoms with E-state index < -0.39 is 0 Å². The molecule has 1 saturated heterocycles. The summed E-state index contributed by atoms with van der Waals surface area (Å²) in [4.78, 5) is 0. The molecule has 1 aliphatic rings. The number of hydrazine groups is 2. The molecule has 0 aromatic carbocycles. The van der Waals surface area contributed by atoms with Crippen molar-refractivity contribution < 1.29 is 4.42 Å². The summed E-state index contributed by atoms with van der Waals surface area (Å²) in [7, 11) is 0. The highest BCUT2D eigenvalue weighted by molar-refractivity contribution is 4.84. The van der Waals surface area contributed by atoms with E-state index in [9.17, 15) is 0 Å². The molecule has 0 spiro atoms. The summed E-state index contributed by atoms with van der Waals surface area (Å²) in [6.07, 6.45) is 1.29. The fraction of sp³-hybridized carbons (Fsp3) is 0.667. The SMILES string of the molecule is NN1CC(N(N)Cc2nnco2)C1. The van der Waals surface area contributed by atoms with Gasteiger partial charge in [0, 0.05) is 13.1 Å². The summed E-state index contributed by atoms with van der Waals surface area (Å²) in [5, 5.41) is 10.7. The normalized spacial score (nSPS) is 19.3. The molecule has 1 fully saturated rings. The topological polar surface area (TPSA) is 97.4 Å². The first-order chi connectivity index (χ1) is 6.25. The summed E-state index contributed by atoms with van der Waals surface area (Å²) in [5.41, 5.74) is 0. The van der Waals surface area contributed by atoms with Crippen LogP contribution in [0.15, 0.2) is 10.8 Å². The third-order valence-electron chi connectivity index (χ3n) is 2.08. The molecule has 4 N–H and O–H groups in total. The molecular weight excluding hydrogens is 172 g/mol. The van der Waals surface area contributed by atoms with Gasteiger partial charge in [-0.1, -0.05) is 0 Å². The lowest BCUT2D eigenvalue weighted by atomic mass is 10.1. The zero-order chi connectivity index (χ0) is 9.26. The van der Waals surface area contributed by atoms with Crippen LogP contribution in [-0.2, 0) is 6.54 Å². The van der Waals surface area contributed by atoms with Crippen molar-refractivity contribution >= 4 is 0 Å². The second kappa shape index (κ2) is 3.38. The Bertz CT molecular complexity index is 256. The standard InChI is InChI=1S/C6H12N6O/c7-11-1-5(2-11)12(8)3-6-10-9-4-13-6/h4-5H,1-3,7-8H2. The van der Waals surface area contributed by atoms with Gasteiger partial charge in [0.2, 0.25) is 12.3 Å². The molecule has 1 aromatic heterocycles. The van der Waals surface area contributed by atoms with Crippen molar-refractivity contribution in [3.63, 3.8) is 0 Å². The molecule has 0 atom stereocenters. The smallest absolute Gasteiger partial charge is 0.231 e. The highest BCUT2D eigenvalue weighted by Crippen LogP contribution is 2.09. The highest BCUT2D eigenvalue weighted by atomic mass is 16.4. The number of nitrogens with zero attached hydrogens (tertiary/aromatic N) is 4. The van der Waals surface area contributed by atoms with E-state index in [1.165, 1.54) is 6.39 Å². The van der Waals surface area contributed by atoms with Crippen LogP contribution in [0.2, 0.25) is 0 Å². The summed E-state index contributed by atoms with van der Waals surface area (Å²) in [6.45, 7) is 2.04. The predicted molar refractivity (Wildman–Crippen MR) is 43.6 cm³/mol. The monoisotopic (exact) mass is 184 g/mol. The first-order valence-electron chi connectivity index (χ1n) is 4.01. The van der Waals surface area contributed by atoms with Gasteiger partial charge in [-0.15, -0.1) is 10.2 Å². The molecule has 7 heteroatoms. The fourth-order valence-electron chi connectivity index (χ4n) is 1.25. The van der Waals surface area contributed by atoms with Crippen LogP contribution in [0.5, 0.6) is 0 Å². The fourth-order valence-corrected chi connectivity index (χ4v) is 1.25. The molecule has 0 saturated carbocycles. The summed E-state index contributed by atoms with van der Waals surface area (Å²) in [5.74, 6) is 11.8. The van der Waals surface area contributed by atoms with Gasteiger partial charge in [-0.3, -0.25) is 11.7 Å². The van der Waals surface area contributed by atoms with E-state index in [1.807, 2.05) is 0 Å². The Morgan fingerprint density at radius 3 is 3.00 bits per heavy atom. The molecular formula is C6H12N6O. The Hall–Kier alpha value is -1.02. The molecule has 72 valence electrons. The van der Waals surface area contributed by atoms with Crippen LogP contribution in [0.4, 0.5) is 0 Å². The largest absolute Gasteiger partial charge is 0.427 e. The first-order valence-corrected chi connectivity index (χ1v) is 4.01. The zero-order valence-electron chi connectivity index (χ0n) is 7.13. The molecule has 0 bridgehead atoms. The van der Waals surface area contributed by atoms with Crippen molar-refractivity contribution in [2.75, 3.05) is 13.1 Å². The van der Waals surface area contributed by atoms with Gasteiger partial charge in [-0.05, 0) is 0 Å². The van der Waals surface area contributed by atoms with Crippen LogP contribution in [0.1, 0.15) is 5.89 Å². The summed E-state index contributed by atoms with van der Waals surface area (Å²) in [6, 6.07) is 0.289. The highest BCUT2D eigenvalue weighted by Gasteiger charge is 2.28. The number of hydrogen-bond acceptors (Lipinski definition) is 7. The predicted octanol–water partition coefficient (Wildman–Crippen LogP) is -1.70. The van der Waals surface area contributed by atoms with Gasteiger partial charge in [0.1, 0.15) is 0 Å². The summed E-state index contributed by atoms with van der Waals surface area (Å²) < 4.78 is 4.96. The molecule has 1 aliphatic heterocycles. The average molecular weight is 184 g/mol. The molecule has 13 heavy (non-hydrogen) atoms. The number of aromatic nitrogens is 2. The van der Waals surface area contributed by atoms with Gasteiger partial charge in [-0.2, -0.15) is 0 Å². The van der Waals surface area contributed by atoms with Crippen molar-refractivity contribution in [2.24, 2.45) is 11.7 Å². The maximum absolute atomic E-state index is 5.76. The van der Waals surface area contributed by atoms with Crippen LogP contribution in [0, 0.1) is 0 Å². The van der Waals surface area contributed by atoms with Crippen LogP contribution >= 0.6 is 0 Å². The molecule has 0 unspecified atom stereocenters. The number of nitrogens with two attached hydrogens (primary N) is 2. The molecule has 0 amide bonds. The Kier molecular flexibility index (Phi) is 2.23.